The number of hydrogen-bond acceptors (Lipinski definition) is 4. The molecule has 0 spiro atoms. The molecule has 1 aromatic heterocycles. The standard InChI is InChI=1S/C9H11Cl2N3O2/c10-3-6-4-16-2-1-14(6)8-7(11)9(15)13-5-12-8/h5-6H,1-4H2,(H,12,13,15). The highest BCUT2D eigenvalue weighted by Gasteiger charge is 2.25. The molecule has 16 heavy (non-hydrogen) atoms. The molecule has 1 fully saturated rings. The maximum absolute atomic E-state index is 11.4. The molecule has 0 radical (unpaired) electrons. The minimum absolute atomic E-state index is 0.00205. The van der Waals surface area contributed by atoms with E-state index in [-0.39, 0.29) is 16.6 Å². The van der Waals surface area contributed by atoms with E-state index in [0.717, 1.165) is 0 Å². The van der Waals surface area contributed by atoms with Gasteiger partial charge in [-0.2, -0.15) is 0 Å². The van der Waals surface area contributed by atoms with Crippen LogP contribution in [0.25, 0.3) is 0 Å². The first-order valence-corrected chi connectivity index (χ1v) is 5.79. The van der Waals surface area contributed by atoms with Crippen LogP contribution in [0.1, 0.15) is 0 Å². The number of nitrogens with zero attached hydrogens (tertiary/aromatic N) is 2. The van der Waals surface area contributed by atoms with Crippen molar-refractivity contribution in [3.63, 3.8) is 0 Å². The van der Waals surface area contributed by atoms with Gasteiger partial charge in [-0.15, -0.1) is 11.6 Å². The highest BCUT2D eigenvalue weighted by Crippen LogP contribution is 2.22. The van der Waals surface area contributed by atoms with Crippen LogP contribution in [0.3, 0.4) is 0 Å². The molecule has 1 saturated heterocycles. The van der Waals surface area contributed by atoms with Gasteiger partial charge in [0.15, 0.2) is 5.82 Å². The first kappa shape index (κ1) is 11.7. The Kier molecular flexibility index (Phi) is 3.68. The highest BCUT2D eigenvalue weighted by molar-refractivity contribution is 6.32. The molecule has 1 N–H and O–H groups in total. The molecule has 5 nitrogen and oxygen atoms in total. The third kappa shape index (κ3) is 2.16. The predicted octanol–water partition coefficient (Wildman–Crippen LogP) is 0.867. The molecule has 0 aromatic carbocycles. The van der Waals surface area contributed by atoms with Crippen molar-refractivity contribution in [1.82, 2.24) is 9.97 Å². The van der Waals surface area contributed by atoms with Crippen LogP contribution < -0.4 is 10.5 Å². The van der Waals surface area contributed by atoms with Gasteiger partial charge in [0.25, 0.3) is 5.56 Å². The van der Waals surface area contributed by atoms with Crippen LogP contribution in [0.15, 0.2) is 11.1 Å². The Morgan fingerprint density at radius 3 is 3.25 bits per heavy atom. The lowest BCUT2D eigenvalue weighted by atomic mass is 10.2. The number of morpholine rings is 1. The van der Waals surface area contributed by atoms with Crippen molar-refractivity contribution in [2.45, 2.75) is 6.04 Å². The van der Waals surface area contributed by atoms with Gasteiger partial charge in [-0.05, 0) is 0 Å². The van der Waals surface area contributed by atoms with Crippen molar-refractivity contribution >= 4 is 29.0 Å². The molecule has 0 amide bonds. The van der Waals surface area contributed by atoms with E-state index in [1.165, 1.54) is 6.33 Å². The van der Waals surface area contributed by atoms with Crippen LogP contribution in [0.4, 0.5) is 5.82 Å². The summed E-state index contributed by atoms with van der Waals surface area (Å²) in [6.45, 7) is 1.74. The second-order valence-electron chi connectivity index (χ2n) is 3.45. The summed E-state index contributed by atoms with van der Waals surface area (Å²) in [5, 5.41) is 0.0968. The molecule has 1 unspecified atom stereocenters. The third-order valence-corrected chi connectivity index (χ3v) is 3.15. The van der Waals surface area contributed by atoms with Gasteiger partial charge in [-0.25, -0.2) is 4.98 Å². The zero-order valence-corrected chi connectivity index (χ0v) is 9.96. The molecule has 2 heterocycles. The average molecular weight is 264 g/mol. The summed E-state index contributed by atoms with van der Waals surface area (Å²) in [5.74, 6) is 0.879. The number of H-pyrrole nitrogens is 1. The Morgan fingerprint density at radius 2 is 2.50 bits per heavy atom. The van der Waals surface area contributed by atoms with E-state index in [1.807, 2.05) is 4.90 Å². The van der Waals surface area contributed by atoms with E-state index in [0.29, 0.717) is 31.5 Å². The van der Waals surface area contributed by atoms with Crippen LogP contribution in [0.2, 0.25) is 5.02 Å². The largest absolute Gasteiger partial charge is 0.377 e. The van der Waals surface area contributed by atoms with E-state index in [4.69, 9.17) is 27.9 Å². The second kappa shape index (κ2) is 5.03. The summed E-state index contributed by atoms with van der Waals surface area (Å²) < 4.78 is 5.31. The van der Waals surface area contributed by atoms with E-state index in [9.17, 15) is 4.79 Å². The van der Waals surface area contributed by atoms with Gasteiger partial charge in [0, 0.05) is 12.4 Å². The zero-order chi connectivity index (χ0) is 11.5. The quantitative estimate of drug-likeness (QED) is 0.805. The average Bonchev–Trinajstić information content (AvgIpc) is 2.33. The zero-order valence-electron chi connectivity index (χ0n) is 8.45. The topological polar surface area (TPSA) is 58.2 Å². The molecule has 88 valence electrons. The van der Waals surface area contributed by atoms with Crippen LogP contribution >= 0.6 is 23.2 Å². The summed E-state index contributed by atoms with van der Waals surface area (Å²) in [4.78, 5) is 19.8. The fourth-order valence-corrected chi connectivity index (χ4v) is 2.10. The molecular weight excluding hydrogens is 253 g/mol. The number of aromatic amines is 1. The number of alkyl halides is 1. The lowest BCUT2D eigenvalue weighted by molar-refractivity contribution is 0.0994. The van der Waals surface area contributed by atoms with Gasteiger partial charge < -0.3 is 14.6 Å². The summed E-state index contributed by atoms with van der Waals surface area (Å²) in [5.41, 5.74) is -0.341. The fourth-order valence-electron chi connectivity index (χ4n) is 1.64. The minimum atomic E-state index is -0.341. The first-order chi connectivity index (χ1) is 7.74. The van der Waals surface area contributed by atoms with Crippen LogP contribution in [-0.2, 0) is 4.74 Å². The third-order valence-electron chi connectivity index (χ3n) is 2.46. The number of nitrogens with one attached hydrogen (secondary N) is 1. The molecule has 1 aromatic rings. The normalized spacial score (nSPS) is 21.1. The van der Waals surface area contributed by atoms with E-state index < -0.39 is 0 Å². The summed E-state index contributed by atoms with van der Waals surface area (Å²) in [6.07, 6.45) is 1.34. The Labute approximate surface area is 102 Å². The molecule has 7 heteroatoms. The predicted molar refractivity (Wildman–Crippen MR) is 62.5 cm³/mol. The van der Waals surface area contributed by atoms with Crippen LogP contribution in [0, 0.1) is 0 Å². The van der Waals surface area contributed by atoms with Crippen molar-refractivity contribution in [2.75, 3.05) is 30.5 Å². The van der Waals surface area contributed by atoms with Crippen molar-refractivity contribution in [3.8, 4) is 0 Å². The number of rotatable bonds is 2. The Hall–Kier alpha value is -0.780. The maximum atomic E-state index is 11.4. The van der Waals surface area contributed by atoms with Crippen LogP contribution in [0.5, 0.6) is 0 Å². The van der Waals surface area contributed by atoms with E-state index in [2.05, 4.69) is 9.97 Å². The van der Waals surface area contributed by atoms with Gasteiger partial charge in [-0.3, -0.25) is 4.79 Å². The van der Waals surface area contributed by atoms with Gasteiger partial charge >= 0.3 is 0 Å². The Morgan fingerprint density at radius 1 is 1.69 bits per heavy atom. The molecule has 0 aliphatic carbocycles. The van der Waals surface area contributed by atoms with E-state index in [1.54, 1.807) is 0 Å². The SMILES string of the molecule is O=c1[nH]cnc(N2CCOCC2CCl)c1Cl. The highest BCUT2D eigenvalue weighted by atomic mass is 35.5. The smallest absolute Gasteiger partial charge is 0.271 e. The van der Waals surface area contributed by atoms with Gasteiger partial charge in [0.05, 0.1) is 25.6 Å². The summed E-state index contributed by atoms with van der Waals surface area (Å²) in [6, 6.07) is 0.00205. The summed E-state index contributed by atoms with van der Waals surface area (Å²) >= 11 is 11.8. The Balaban J connectivity index is 2.34. The van der Waals surface area contributed by atoms with Crippen molar-refractivity contribution in [2.24, 2.45) is 0 Å². The lowest BCUT2D eigenvalue weighted by Crippen LogP contribution is -2.47. The molecule has 2 rings (SSSR count). The van der Waals surface area contributed by atoms with E-state index >= 15 is 0 Å². The molecule has 1 atom stereocenters. The summed E-state index contributed by atoms with van der Waals surface area (Å²) in [7, 11) is 0. The molecule has 0 saturated carbocycles. The molecule has 0 bridgehead atoms. The number of halogens is 2. The molecule has 1 aliphatic heterocycles. The van der Waals surface area contributed by atoms with Crippen LogP contribution in [-0.4, -0.2) is 41.6 Å². The fraction of sp³-hybridized carbons (Fsp3) is 0.556. The molecule has 1 aliphatic rings. The number of ether oxygens (including phenoxy) is 1. The minimum Gasteiger partial charge on any atom is -0.377 e. The van der Waals surface area contributed by atoms with Gasteiger partial charge in [0.2, 0.25) is 0 Å². The number of hydrogen-bond donors (Lipinski definition) is 1. The van der Waals surface area contributed by atoms with Crippen molar-refractivity contribution in [1.29, 1.82) is 0 Å². The van der Waals surface area contributed by atoms with Crippen molar-refractivity contribution in [3.05, 3.63) is 21.7 Å². The first-order valence-electron chi connectivity index (χ1n) is 4.87. The maximum Gasteiger partial charge on any atom is 0.271 e. The monoisotopic (exact) mass is 263 g/mol. The second-order valence-corrected chi connectivity index (χ2v) is 4.13. The van der Waals surface area contributed by atoms with Gasteiger partial charge in [0.1, 0.15) is 5.02 Å². The molecular formula is C9H11Cl2N3O2. The Bertz CT molecular complexity index is 423. The van der Waals surface area contributed by atoms with Gasteiger partial charge in [-0.1, -0.05) is 11.6 Å². The number of anilines is 1. The number of aromatic nitrogens is 2. The lowest BCUT2D eigenvalue weighted by Gasteiger charge is -2.35. The van der Waals surface area contributed by atoms with Crippen molar-refractivity contribution < 1.29 is 4.74 Å².